The second-order valence-corrected chi connectivity index (χ2v) is 6.92. The second-order valence-electron chi connectivity index (χ2n) is 6.06. The van der Waals surface area contributed by atoms with Gasteiger partial charge in [-0.1, -0.05) is 25.0 Å². The topological polar surface area (TPSA) is 52.9 Å². The van der Waals surface area contributed by atoms with Crippen LogP contribution in [0.25, 0.3) is 0 Å². The number of hydrogen-bond donors (Lipinski definition) is 1. The molecule has 8 heteroatoms. The van der Waals surface area contributed by atoms with E-state index in [9.17, 15) is 23.1 Å². The minimum Gasteiger partial charge on any atom is -0.362 e. The molecule has 2 atom stereocenters. The largest absolute Gasteiger partial charge is 0.439 e. The van der Waals surface area contributed by atoms with Gasteiger partial charge in [-0.25, -0.2) is 0 Å². The Hall–Kier alpha value is -1.41. The molecule has 1 aromatic rings. The summed E-state index contributed by atoms with van der Waals surface area (Å²) in [5.74, 6) is -2.17. The summed E-state index contributed by atoms with van der Waals surface area (Å²) < 4.78 is 41.6. The summed E-state index contributed by atoms with van der Waals surface area (Å²) in [4.78, 5) is 12.7. The molecule has 1 aliphatic carbocycles. The molecule has 0 spiro atoms. The number of hydrazone groups is 1. The predicted molar refractivity (Wildman–Crippen MR) is 85.3 cm³/mol. The van der Waals surface area contributed by atoms with Crippen LogP contribution < -0.4 is 0 Å². The van der Waals surface area contributed by atoms with Gasteiger partial charge in [0.25, 0.3) is 11.6 Å². The average molecular weight is 405 g/mol. The highest BCUT2D eigenvalue weighted by Gasteiger charge is 2.68. The number of carbonyl (C=O) groups is 1. The number of hydrogen-bond acceptors (Lipinski definition) is 3. The van der Waals surface area contributed by atoms with Crippen LogP contribution in [-0.2, 0) is 0 Å². The zero-order valence-corrected chi connectivity index (χ0v) is 14.3. The van der Waals surface area contributed by atoms with E-state index in [1.807, 2.05) is 0 Å². The van der Waals surface area contributed by atoms with Gasteiger partial charge in [0.1, 0.15) is 0 Å². The van der Waals surface area contributed by atoms with Gasteiger partial charge in [-0.2, -0.15) is 23.3 Å². The molecule has 3 rings (SSSR count). The molecule has 4 nitrogen and oxygen atoms in total. The number of carbonyl (C=O) groups excluding carboxylic acids is 1. The minimum atomic E-state index is -5.00. The zero-order valence-electron chi connectivity index (χ0n) is 12.7. The molecule has 0 bridgehead atoms. The first-order valence-electron chi connectivity index (χ1n) is 7.72. The third kappa shape index (κ3) is 2.65. The summed E-state index contributed by atoms with van der Waals surface area (Å²) in [6.45, 7) is 0. The Bertz CT molecular complexity index is 692. The number of fused-ring (bicyclic) bond motifs is 1. The van der Waals surface area contributed by atoms with Gasteiger partial charge in [0.15, 0.2) is 0 Å². The SMILES string of the molecule is O=C(c1ccccc1Br)N1N=C2CCCCC[C@H]2[C@@]1(O)C(F)(F)F. The van der Waals surface area contributed by atoms with E-state index in [2.05, 4.69) is 21.0 Å². The standard InChI is InChI=1S/C16H16BrF3N2O2/c17-12-8-5-4-6-10(12)14(23)22-15(24,16(18,19)20)11-7-2-1-3-9-13(11)21-22/h4-6,8,11,24H,1-3,7,9H2/t11-,15-/m1/s1. The van der Waals surface area contributed by atoms with Crippen molar-refractivity contribution in [3.05, 3.63) is 34.3 Å². The molecule has 2 aliphatic rings. The van der Waals surface area contributed by atoms with Gasteiger partial charge in [0, 0.05) is 10.2 Å². The Labute approximate surface area is 145 Å². The van der Waals surface area contributed by atoms with Gasteiger partial charge >= 0.3 is 6.18 Å². The fourth-order valence-corrected chi connectivity index (χ4v) is 3.80. The number of halogens is 4. The van der Waals surface area contributed by atoms with Gasteiger partial charge in [0.2, 0.25) is 0 Å². The lowest BCUT2D eigenvalue weighted by molar-refractivity contribution is -0.312. The van der Waals surface area contributed by atoms with Crippen LogP contribution in [0.2, 0.25) is 0 Å². The molecule has 0 radical (unpaired) electrons. The van der Waals surface area contributed by atoms with Crippen LogP contribution in [0.5, 0.6) is 0 Å². The van der Waals surface area contributed by atoms with Gasteiger partial charge in [0.05, 0.1) is 11.5 Å². The van der Waals surface area contributed by atoms with E-state index in [0.717, 1.165) is 6.42 Å². The Balaban J connectivity index is 2.07. The monoisotopic (exact) mass is 404 g/mol. The second kappa shape index (κ2) is 6.15. The third-order valence-corrected chi connectivity index (χ3v) is 5.27. The first kappa shape index (κ1) is 17.4. The van der Waals surface area contributed by atoms with Crippen molar-refractivity contribution in [3.8, 4) is 0 Å². The number of benzene rings is 1. The molecule has 1 amide bonds. The van der Waals surface area contributed by atoms with Gasteiger partial charge in [-0.05, 0) is 47.3 Å². The molecule has 1 N–H and O–H groups in total. The zero-order chi connectivity index (χ0) is 17.5. The summed E-state index contributed by atoms with van der Waals surface area (Å²) in [6, 6.07) is 6.15. The van der Waals surface area contributed by atoms with Gasteiger partial charge < -0.3 is 5.11 Å². The molecule has 1 aromatic carbocycles. The lowest BCUT2D eigenvalue weighted by atomic mass is 9.87. The van der Waals surface area contributed by atoms with Crippen molar-refractivity contribution in [1.82, 2.24) is 5.01 Å². The number of rotatable bonds is 1. The molecule has 130 valence electrons. The highest BCUT2D eigenvalue weighted by molar-refractivity contribution is 9.10. The smallest absolute Gasteiger partial charge is 0.362 e. The predicted octanol–water partition coefficient (Wildman–Crippen LogP) is 4.09. The van der Waals surface area contributed by atoms with Gasteiger partial charge in [-0.3, -0.25) is 4.79 Å². The van der Waals surface area contributed by atoms with E-state index in [1.165, 1.54) is 6.07 Å². The van der Waals surface area contributed by atoms with Crippen molar-refractivity contribution < 1.29 is 23.1 Å². The normalized spacial score (nSPS) is 27.5. The first-order valence-corrected chi connectivity index (χ1v) is 8.51. The molecular weight excluding hydrogens is 389 g/mol. The van der Waals surface area contributed by atoms with Crippen molar-refractivity contribution >= 4 is 27.5 Å². The van der Waals surface area contributed by atoms with Crippen LogP contribution in [0.15, 0.2) is 33.8 Å². The van der Waals surface area contributed by atoms with E-state index < -0.39 is 23.7 Å². The van der Waals surface area contributed by atoms with Crippen molar-refractivity contribution in [2.75, 3.05) is 0 Å². The van der Waals surface area contributed by atoms with Crippen molar-refractivity contribution in [3.63, 3.8) is 0 Å². The lowest BCUT2D eigenvalue weighted by Gasteiger charge is -2.37. The molecule has 0 unspecified atom stereocenters. The maximum absolute atomic E-state index is 13.7. The molecule has 24 heavy (non-hydrogen) atoms. The van der Waals surface area contributed by atoms with Crippen LogP contribution in [0.3, 0.4) is 0 Å². The van der Waals surface area contributed by atoms with E-state index in [0.29, 0.717) is 23.7 Å². The fraction of sp³-hybridized carbons (Fsp3) is 0.500. The van der Waals surface area contributed by atoms with E-state index in [1.54, 1.807) is 18.2 Å². The highest BCUT2D eigenvalue weighted by atomic mass is 79.9. The van der Waals surface area contributed by atoms with Crippen molar-refractivity contribution in [2.24, 2.45) is 11.0 Å². The van der Waals surface area contributed by atoms with Crippen LogP contribution >= 0.6 is 15.9 Å². The average Bonchev–Trinajstić information content (AvgIpc) is 2.68. The molecule has 1 fully saturated rings. The maximum atomic E-state index is 13.7. The molecule has 0 aromatic heterocycles. The number of amides is 1. The Kier molecular flexibility index (Phi) is 4.46. The summed E-state index contributed by atoms with van der Waals surface area (Å²) in [5, 5.41) is 14.7. The molecule has 1 heterocycles. The summed E-state index contributed by atoms with van der Waals surface area (Å²) in [5.41, 5.74) is -3.01. The third-order valence-electron chi connectivity index (χ3n) is 4.58. The van der Waals surface area contributed by atoms with Crippen LogP contribution in [0, 0.1) is 5.92 Å². The molecular formula is C16H16BrF3N2O2. The maximum Gasteiger partial charge on any atom is 0.439 e. The summed E-state index contributed by atoms with van der Waals surface area (Å²) in [6.07, 6.45) is -2.40. The number of aliphatic hydroxyl groups is 1. The first-order chi connectivity index (χ1) is 11.3. The van der Waals surface area contributed by atoms with Crippen molar-refractivity contribution in [2.45, 2.75) is 44.0 Å². The van der Waals surface area contributed by atoms with Crippen LogP contribution in [0.1, 0.15) is 42.5 Å². The lowest BCUT2D eigenvalue weighted by Crippen LogP contribution is -2.61. The summed E-state index contributed by atoms with van der Waals surface area (Å²) >= 11 is 3.16. The van der Waals surface area contributed by atoms with E-state index in [4.69, 9.17) is 0 Å². The Morgan fingerprint density at radius 1 is 1.29 bits per heavy atom. The molecule has 1 aliphatic heterocycles. The van der Waals surface area contributed by atoms with Crippen LogP contribution in [0.4, 0.5) is 13.2 Å². The quantitative estimate of drug-likeness (QED) is 0.765. The molecule has 0 saturated heterocycles. The fourth-order valence-electron chi connectivity index (χ4n) is 3.34. The highest BCUT2D eigenvalue weighted by Crippen LogP contribution is 2.48. The minimum absolute atomic E-state index is 0.0287. The molecule has 1 saturated carbocycles. The van der Waals surface area contributed by atoms with E-state index >= 15 is 0 Å². The van der Waals surface area contributed by atoms with Crippen molar-refractivity contribution in [1.29, 1.82) is 0 Å². The number of nitrogens with zero attached hydrogens (tertiary/aromatic N) is 2. The van der Waals surface area contributed by atoms with Gasteiger partial charge in [-0.15, -0.1) is 0 Å². The number of alkyl halides is 3. The van der Waals surface area contributed by atoms with Crippen LogP contribution in [-0.4, -0.2) is 33.6 Å². The van der Waals surface area contributed by atoms with E-state index in [-0.39, 0.29) is 22.7 Å². The Morgan fingerprint density at radius 2 is 2.00 bits per heavy atom. The Morgan fingerprint density at radius 3 is 2.67 bits per heavy atom. The summed E-state index contributed by atoms with van der Waals surface area (Å²) in [7, 11) is 0.